The molecule has 0 spiro atoms. The van der Waals surface area contributed by atoms with Crippen molar-refractivity contribution in [2.24, 2.45) is 0 Å². The van der Waals surface area contributed by atoms with E-state index in [1.807, 2.05) is 47.5 Å². The number of rotatable bonds is 3. The lowest BCUT2D eigenvalue weighted by atomic mass is 10.1. The number of fused-ring (bicyclic) bond motifs is 1. The average molecular weight is 379 g/mol. The summed E-state index contributed by atoms with van der Waals surface area (Å²) in [5, 5.41) is 0.606. The second-order valence-electron chi connectivity index (χ2n) is 7.06. The molecule has 27 heavy (non-hydrogen) atoms. The molecule has 5 rings (SSSR count). The number of hydrogen-bond donors (Lipinski definition) is 0. The van der Waals surface area contributed by atoms with Gasteiger partial charge in [-0.05, 0) is 24.3 Å². The van der Waals surface area contributed by atoms with Crippen LogP contribution >= 0.6 is 11.3 Å². The van der Waals surface area contributed by atoms with Crippen LogP contribution in [0.2, 0.25) is 0 Å². The number of piperazine rings is 1. The van der Waals surface area contributed by atoms with E-state index in [2.05, 4.69) is 25.8 Å². The molecule has 2 saturated heterocycles. The Bertz CT molecular complexity index is 912. The summed E-state index contributed by atoms with van der Waals surface area (Å²) < 4.78 is 1.07. The molecule has 0 N–H and O–H groups in total. The third-order valence-electron chi connectivity index (χ3n) is 5.43. The first-order chi connectivity index (χ1) is 13.3. The van der Waals surface area contributed by atoms with Crippen molar-refractivity contribution in [1.82, 2.24) is 19.8 Å². The largest absolute Gasteiger partial charge is 0.354 e. The van der Waals surface area contributed by atoms with E-state index in [0.29, 0.717) is 11.0 Å². The van der Waals surface area contributed by atoms with Crippen LogP contribution in [-0.4, -0.2) is 71.0 Å². The fourth-order valence-corrected chi connectivity index (χ4v) is 4.74. The highest BCUT2D eigenvalue weighted by atomic mass is 32.1. The van der Waals surface area contributed by atoms with Gasteiger partial charge in [-0.1, -0.05) is 18.2 Å². The number of thiazole rings is 1. The third kappa shape index (κ3) is 3.17. The topological polar surface area (TPSA) is 52.6 Å². The first-order valence-corrected chi connectivity index (χ1v) is 10.1. The van der Waals surface area contributed by atoms with Gasteiger partial charge in [-0.2, -0.15) is 0 Å². The SMILES string of the molecule is O=C(c1nc2ccccc2s1)N1CC(N2CCN(c3ccccn3)CC2)C1. The van der Waals surface area contributed by atoms with Crippen LogP contribution in [0.5, 0.6) is 0 Å². The molecule has 2 aliphatic rings. The van der Waals surface area contributed by atoms with E-state index in [4.69, 9.17) is 0 Å². The number of likely N-dealkylation sites (tertiary alicyclic amines) is 1. The van der Waals surface area contributed by atoms with Crippen LogP contribution in [0.1, 0.15) is 9.80 Å². The first kappa shape index (κ1) is 16.6. The molecule has 1 amide bonds. The molecular weight excluding hydrogens is 358 g/mol. The van der Waals surface area contributed by atoms with Gasteiger partial charge in [0.1, 0.15) is 5.82 Å². The van der Waals surface area contributed by atoms with Gasteiger partial charge in [0.25, 0.3) is 5.91 Å². The predicted octanol–water partition coefficient (Wildman–Crippen LogP) is 2.34. The smallest absolute Gasteiger partial charge is 0.282 e. The summed E-state index contributed by atoms with van der Waals surface area (Å²) in [4.78, 5) is 28.4. The van der Waals surface area contributed by atoms with E-state index in [9.17, 15) is 4.79 Å². The molecule has 0 saturated carbocycles. The molecule has 2 aromatic heterocycles. The van der Waals surface area contributed by atoms with Gasteiger partial charge in [-0.3, -0.25) is 9.69 Å². The maximum atomic E-state index is 12.7. The van der Waals surface area contributed by atoms with E-state index < -0.39 is 0 Å². The minimum Gasteiger partial charge on any atom is -0.354 e. The highest BCUT2D eigenvalue weighted by Gasteiger charge is 2.37. The molecule has 1 aromatic carbocycles. The molecule has 0 radical (unpaired) electrons. The molecule has 2 fully saturated rings. The van der Waals surface area contributed by atoms with Crippen LogP contribution < -0.4 is 4.90 Å². The fourth-order valence-electron chi connectivity index (χ4n) is 3.81. The van der Waals surface area contributed by atoms with Crippen molar-refractivity contribution in [1.29, 1.82) is 0 Å². The number of benzene rings is 1. The Hall–Kier alpha value is -2.51. The number of anilines is 1. The molecule has 6 nitrogen and oxygen atoms in total. The minimum atomic E-state index is 0.0690. The number of amides is 1. The quantitative estimate of drug-likeness (QED) is 0.699. The fraction of sp³-hybridized carbons (Fsp3) is 0.350. The Morgan fingerprint density at radius 3 is 2.52 bits per heavy atom. The van der Waals surface area contributed by atoms with Crippen molar-refractivity contribution in [3.05, 3.63) is 53.7 Å². The van der Waals surface area contributed by atoms with Gasteiger partial charge in [0.15, 0.2) is 5.01 Å². The molecule has 138 valence electrons. The van der Waals surface area contributed by atoms with Gasteiger partial charge in [-0.15, -0.1) is 11.3 Å². The van der Waals surface area contributed by atoms with Crippen LogP contribution in [0.25, 0.3) is 10.2 Å². The van der Waals surface area contributed by atoms with Crippen LogP contribution in [0.3, 0.4) is 0 Å². The molecule has 0 aliphatic carbocycles. The van der Waals surface area contributed by atoms with E-state index in [0.717, 1.165) is 55.3 Å². The Balaban J connectivity index is 1.16. The number of pyridine rings is 1. The summed E-state index contributed by atoms with van der Waals surface area (Å²) in [5.74, 6) is 1.12. The number of carbonyl (C=O) groups is 1. The second-order valence-corrected chi connectivity index (χ2v) is 8.09. The number of nitrogens with zero attached hydrogens (tertiary/aromatic N) is 5. The van der Waals surface area contributed by atoms with Crippen LogP contribution in [-0.2, 0) is 0 Å². The lowest BCUT2D eigenvalue weighted by Gasteiger charge is -2.48. The van der Waals surface area contributed by atoms with Crippen LogP contribution in [0, 0.1) is 0 Å². The second kappa shape index (κ2) is 6.90. The summed E-state index contributed by atoms with van der Waals surface area (Å²) in [6, 6.07) is 14.4. The average Bonchev–Trinajstić information content (AvgIpc) is 3.12. The van der Waals surface area contributed by atoms with Crippen molar-refractivity contribution in [3.8, 4) is 0 Å². The van der Waals surface area contributed by atoms with Crippen molar-refractivity contribution >= 4 is 33.3 Å². The third-order valence-corrected chi connectivity index (χ3v) is 6.45. The molecule has 4 heterocycles. The zero-order chi connectivity index (χ0) is 18.2. The zero-order valence-electron chi connectivity index (χ0n) is 15.0. The molecule has 2 aliphatic heterocycles. The number of para-hydroxylation sites is 1. The lowest BCUT2D eigenvalue weighted by molar-refractivity contribution is 0.0246. The van der Waals surface area contributed by atoms with Gasteiger partial charge in [0.05, 0.1) is 10.2 Å². The number of carbonyl (C=O) groups excluding carboxylic acids is 1. The monoisotopic (exact) mass is 379 g/mol. The van der Waals surface area contributed by atoms with Crippen LogP contribution in [0.4, 0.5) is 5.82 Å². The number of aromatic nitrogens is 2. The van der Waals surface area contributed by atoms with Gasteiger partial charge in [0.2, 0.25) is 0 Å². The Labute approximate surface area is 162 Å². The minimum absolute atomic E-state index is 0.0690. The zero-order valence-corrected chi connectivity index (χ0v) is 15.8. The maximum absolute atomic E-state index is 12.7. The summed E-state index contributed by atoms with van der Waals surface area (Å²) in [6.07, 6.45) is 1.85. The van der Waals surface area contributed by atoms with E-state index >= 15 is 0 Å². The van der Waals surface area contributed by atoms with Crippen molar-refractivity contribution in [2.45, 2.75) is 6.04 Å². The van der Waals surface area contributed by atoms with Gasteiger partial charge < -0.3 is 9.80 Å². The normalized spacial score (nSPS) is 18.7. The van der Waals surface area contributed by atoms with Crippen LogP contribution in [0.15, 0.2) is 48.7 Å². The maximum Gasteiger partial charge on any atom is 0.282 e. The Morgan fingerprint density at radius 1 is 1.00 bits per heavy atom. The molecular formula is C20H21N5OS. The summed E-state index contributed by atoms with van der Waals surface area (Å²) >= 11 is 1.49. The molecule has 3 aromatic rings. The molecule has 0 bridgehead atoms. The van der Waals surface area contributed by atoms with E-state index in [1.165, 1.54) is 11.3 Å². The predicted molar refractivity (Wildman–Crippen MR) is 107 cm³/mol. The standard InChI is InChI=1S/C20H21N5OS/c26-20(19-22-16-5-1-2-6-17(16)27-19)25-13-15(14-25)23-9-11-24(12-10-23)18-7-3-4-8-21-18/h1-8,15H,9-14H2. The molecule has 7 heteroatoms. The molecule has 0 unspecified atom stereocenters. The highest BCUT2D eigenvalue weighted by Crippen LogP contribution is 2.26. The molecule has 0 atom stereocenters. The van der Waals surface area contributed by atoms with Crippen molar-refractivity contribution in [2.75, 3.05) is 44.2 Å². The first-order valence-electron chi connectivity index (χ1n) is 9.33. The van der Waals surface area contributed by atoms with E-state index in [1.54, 1.807) is 0 Å². The number of hydrogen-bond acceptors (Lipinski definition) is 6. The lowest BCUT2D eigenvalue weighted by Crippen LogP contribution is -2.64. The summed E-state index contributed by atoms with van der Waals surface area (Å²) in [5.41, 5.74) is 0.911. The van der Waals surface area contributed by atoms with Gasteiger partial charge in [0, 0.05) is 51.5 Å². The van der Waals surface area contributed by atoms with Crippen molar-refractivity contribution < 1.29 is 4.79 Å². The van der Waals surface area contributed by atoms with E-state index in [-0.39, 0.29) is 5.91 Å². The van der Waals surface area contributed by atoms with Gasteiger partial charge >= 0.3 is 0 Å². The van der Waals surface area contributed by atoms with Gasteiger partial charge in [-0.25, -0.2) is 9.97 Å². The Morgan fingerprint density at radius 2 is 1.78 bits per heavy atom. The van der Waals surface area contributed by atoms with Crippen molar-refractivity contribution in [3.63, 3.8) is 0 Å². The summed E-state index contributed by atoms with van der Waals surface area (Å²) in [7, 11) is 0. The summed E-state index contributed by atoms with van der Waals surface area (Å²) in [6.45, 7) is 5.62. The Kier molecular flexibility index (Phi) is 4.26. The highest BCUT2D eigenvalue weighted by molar-refractivity contribution is 7.20.